The lowest BCUT2D eigenvalue weighted by Gasteiger charge is -2.29. The fraction of sp³-hybridized carbons (Fsp3) is 0.0851. The van der Waals surface area contributed by atoms with Crippen LogP contribution < -0.4 is 4.90 Å². The molecule has 0 saturated carbocycles. The van der Waals surface area contributed by atoms with Crippen molar-refractivity contribution < 1.29 is 0 Å². The average Bonchev–Trinajstić information content (AvgIpc) is 3.55. The Morgan fingerprint density at radius 1 is 0.673 bits per heavy atom. The van der Waals surface area contributed by atoms with Crippen LogP contribution in [0.1, 0.15) is 52.8 Å². The zero-order valence-corrected chi connectivity index (χ0v) is 28.7. The van der Waals surface area contributed by atoms with E-state index in [1.165, 1.54) is 5.56 Å². The van der Waals surface area contributed by atoms with E-state index in [1.807, 2.05) is 71.7 Å². The third-order valence-electron chi connectivity index (χ3n) is 10.1. The first-order chi connectivity index (χ1) is 25.5. The number of rotatable bonds is 4. The van der Waals surface area contributed by atoms with Gasteiger partial charge in [0, 0.05) is 27.9 Å². The van der Waals surface area contributed by atoms with Gasteiger partial charge >= 0.3 is 0 Å². The van der Waals surface area contributed by atoms with Gasteiger partial charge in [-0.3, -0.25) is 0 Å². The third-order valence-corrected chi connectivity index (χ3v) is 10.1. The molecule has 5 nitrogen and oxygen atoms in total. The Labute approximate surface area is 303 Å². The summed E-state index contributed by atoms with van der Waals surface area (Å²) >= 11 is 0. The summed E-state index contributed by atoms with van der Waals surface area (Å²) in [6.45, 7) is 6.62. The summed E-state index contributed by atoms with van der Waals surface area (Å²) in [4.78, 5) is 1.99. The predicted molar refractivity (Wildman–Crippen MR) is 210 cm³/mol. The smallest absolute Gasteiger partial charge is 0.102 e. The third kappa shape index (κ3) is 5.41. The molecule has 2 heterocycles. The second-order valence-corrected chi connectivity index (χ2v) is 13.2. The van der Waals surface area contributed by atoms with Crippen molar-refractivity contribution in [2.75, 3.05) is 4.90 Å². The van der Waals surface area contributed by atoms with Crippen LogP contribution in [0.5, 0.6) is 0 Å². The van der Waals surface area contributed by atoms with Gasteiger partial charge in [-0.15, -0.1) is 0 Å². The first-order valence-corrected chi connectivity index (χ1v) is 17.3. The quantitative estimate of drug-likeness (QED) is 0.187. The molecule has 52 heavy (non-hydrogen) atoms. The summed E-state index contributed by atoms with van der Waals surface area (Å²) in [7, 11) is 0. The summed E-state index contributed by atoms with van der Waals surface area (Å²) in [5.74, 6) is 0.328. The minimum atomic E-state index is 0.328. The highest BCUT2D eigenvalue weighted by Gasteiger charge is 2.25. The molecule has 1 atom stereocenters. The monoisotopic (exact) mass is 667 g/mol. The van der Waals surface area contributed by atoms with E-state index in [9.17, 15) is 15.8 Å². The molecule has 0 radical (unpaired) electrons. The maximum Gasteiger partial charge on any atom is 0.102 e. The zero-order valence-electron chi connectivity index (χ0n) is 28.7. The number of fused-ring (bicyclic) bond motifs is 4. The highest BCUT2D eigenvalue weighted by molar-refractivity contribution is 5.94. The lowest BCUT2D eigenvalue weighted by molar-refractivity contribution is 0.773. The molecule has 5 heteroatoms. The Hall–Kier alpha value is -7.13. The van der Waals surface area contributed by atoms with Gasteiger partial charge in [0.05, 0.1) is 51.4 Å². The molecule has 5 aromatic carbocycles. The summed E-state index contributed by atoms with van der Waals surface area (Å²) in [6, 6.07) is 41.4. The predicted octanol–water partition coefficient (Wildman–Crippen LogP) is 11.4. The van der Waals surface area contributed by atoms with Gasteiger partial charge in [0.15, 0.2) is 0 Å². The highest BCUT2D eigenvalue weighted by Crippen LogP contribution is 2.43. The minimum absolute atomic E-state index is 0.328. The van der Waals surface area contributed by atoms with Crippen LogP contribution in [0.3, 0.4) is 0 Å². The van der Waals surface area contributed by atoms with E-state index < -0.39 is 0 Å². The van der Waals surface area contributed by atoms with Crippen molar-refractivity contribution in [3.8, 4) is 46.1 Å². The number of allylic oxidation sites excluding steroid dienone is 5. The Kier molecular flexibility index (Phi) is 8.21. The molecule has 8 rings (SSSR count). The molecule has 0 spiro atoms. The van der Waals surface area contributed by atoms with Gasteiger partial charge in [-0.2, -0.15) is 15.8 Å². The number of para-hydroxylation sites is 2. The molecular weight excluding hydrogens is 635 g/mol. The van der Waals surface area contributed by atoms with Crippen molar-refractivity contribution >= 4 is 28.4 Å². The first kappa shape index (κ1) is 32.1. The first-order valence-electron chi connectivity index (χ1n) is 17.3. The Morgan fingerprint density at radius 3 is 2.17 bits per heavy atom. The topological polar surface area (TPSA) is 79.5 Å². The fourth-order valence-electron chi connectivity index (χ4n) is 7.66. The number of anilines is 2. The zero-order chi connectivity index (χ0) is 35.8. The van der Waals surface area contributed by atoms with Gasteiger partial charge in [-0.1, -0.05) is 98.5 Å². The maximum atomic E-state index is 10.7. The van der Waals surface area contributed by atoms with Crippen molar-refractivity contribution in [2.24, 2.45) is 0 Å². The SMILES string of the molecule is C=C1/C=C\C=C/Cc2ccccc2N1c1cc(C#N)cc(-c2ccc(-c3ccccc3-n3c4c(c5cc(C#N)ccc53)C(C)CC=C4)cc2)c1C#N. The molecular formula is C47H33N5. The fourth-order valence-corrected chi connectivity index (χ4v) is 7.66. The second kappa shape index (κ2) is 13.3. The Morgan fingerprint density at radius 2 is 1.40 bits per heavy atom. The molecule has 1 aliphatic heterocycles. The molecule has 0 bridgehead atoms. The number of hydrogen-bond donors (Lipinski definition) is 0. The van der Waals surface area contributed by atoms with Gasteiger partial charge in [0.25, 0.3) is 0 Å². The molecule has 1 unspecified atom stereocenters. The molecule has 0 fully saturated rings. The van der Waals surface area contributed by atoms with Gasteiger partial charge in [0.1, 0.15) is 6.07 Å². The number of hydrogen-bond acceptors (Lipinski definition) is 4. The van der Waals surface area contributed by atoms with Crippen LogP contribution in [0.2, 0.25) is 0 Å². The molecule has 246 valence electrons. The number of nitrogens with zero attached hydrogens (tertiary/aromatic N) is 5. The average molecular weight is 668 g/mol. The lowest BCUT2D eigenvalue weighted by atomic mass is 9.90. The lowest BCUT2D eigenvalue weighted by Crippen LogP contribution is -2.18. The van der Waals surface area contributed by atoms with Crippen LogP contribution in [0, 0.1) is 34.0 Å². The van der Waals surface area contributed by atoms with Gasteiger partial charge in [0.2, 0.25) is 0 Å². The summed E-state index contributed by atoms with van der Waals surface area (Å²) < 4.78 is 2.32. The van der Waals surface area contributed by atoms with Crippen LogP contribution in [0.4, 0.5) is 11.4 Å². The molecule has 6 aromatic rings. The van der Waals surface area contributed by atoms with Gasteiger partial charge in [-0.25, -0.2) is 0 Å². The van der Waals surface area contributed by atoms with Crippen molar-refractivity contribution in [3.05, 3.63) is 179 Å². The van der Waals surface area contributed by atoms with Crippen LogP contribution >= 0.6 is 0 Å². The molecule has 0 saturated heterocycles. The van der Waals surface area contributed by atoms with Crippen LogP contribution in [-0.2, 0) is 6.42 Å². The van der Waals surface area contributed by atoms with E-state index in [2.05, 4.69) is 97.0 Å². The second-order valence-electron chi connectivity index (χ2n) is 13.2. The van der Waals surface area contributed by atoms with E-state index in [0.29, 0.717) is 39.6 Å². The van der Waals surface area contributed by atoms with Gasteiger partial charge < -0.3 is 9.47 Å². The van der Waals surface area contributed by atoms with Crippen molar-refractivity contribution in [3.63, 3.8) is 0 Å². The summed E-state index contributed by atoms with van der Waals surface area (Å²) in [6.07, 6.45) is 14.1. The molecule has 0 amide bonds. The van der Waals surface area contributed by atoms with Crippen molar-refractivity contribution in [2.45, 2.75) is 25.7 Å². The number of nitriles is 3. The van der Waals surface area contributed by atoms with E-state index in [1.54, 1.807) is 12.1 Å². The van der Waals surface area contributed by atoms with Crippen molar-refractivity contribution in [1.82, 2.24) is 4.57 Å². The van der Waals surface area contributed by atoms with Crippen LogP contribution in [-0.4, -0.2) is 4.57 Å². The van der Waals surface area contributed by atoms with E-state index in [0.717, 1.165) is 63.1 Å². The van der Waals surface area contributed by atoms with E-state index in [4.69, 9.17) is 0 Å². The molecule has 0 N–H and O–H groups in total. The van der Waals surface area contributed by atoms with Gasteiger partial charge in [-0.05, 0) is 95.6 Å². The Bertz CT molecular complexity index is 2640. The van der Waals surface area contributed by atoms with Crippen molar-refractivity contribution in [1.29, 1.82) is 15.8 Å². The van der Waals surface area contributed by atoms with Crippen LogP contribution in [0.25, 0.3) is 44.9 Å². The normalized spacial score (nSPS) is 16.0. The molecule has 1 aromatic heterocycles. The minimum Gasteiger partial charge on any atom is -0.309 e. The van der Waals surface area contributed by atoms with E-state index >= 15 is 0 Å². The number of benzene rings is 5. The maximum absolute atomic E-state index is 10.7. The summed E-state index contributed by atoms with van der Waals surface area (Å²) in [5, 5.41) is 31.7. The standard InChI is InChI=1S/C47H33N5/c1-31-11-10-18-45-47(31)40-25-33(28-48)19-24-44(40)52(45)43-17-9-7-15-38(43)35-20-22-36(23-21-35)39-26-34(29-49)27-46(41(39)30-50)51-32(2)12-4-3-5-13-37-14-6-8-16-42(37)51/h3-10,12,14-27,31H,2,11,13H2,1H3/b5-3-,12-4-. The molecule has 1 aliphatic carbocycles. The highest BCUT2D eigenvalue weighted by atomic mass is 15.1. The number of aromatic nitrogens is 1. The largest absolute Gasteiger partial charge is 0.309 e. The van der Waals surface area contributed by atoms with E-state index in [-0.39, 0.29) is 0 Å². The molecule has 2 aliphatic rings. The Balaban J connectivity index is 1.26. The van der Waals surface area contributed by atoms with Crippen LogP contribution in [0.15, 0.2) is 146 Å². The summed E-state index contributed by atoms with van der Waals surface area (Å²) in [5.41, 5.74) is 13.0.